The van der Waals surface area contributed by atoms with Crippen LogP contribution >= 0.6 is 11.6 Å². The second-order valence-corrected chi connectivity index (χ2v) is 13.6. The Morgan fingerprint density at radius 1 is 0.927 bits per heavy atom. The number of nitrogen functional groups attached to an aromatic ring is 1. The normalized spacial score (nSPS) is 14.4. The number of hydrogen-bond donors (Lipinski definition) is 12. The molecule has 1 aromatic heterocycles. The van der Waals surface area contributed by atoms with Crippen molar-refractivity contribution < 1.29 is 35.1 Å². The summed E-state index contributed by atoms with van der Waals surface area (Å²) in [5, 5.41) is 72.4. The first-order chi connectivity index (χ1) is 26.3. The molecule has 1 heterocycles. The van der Waals surface area contributed by atoms with E-state index < -0.39 is 48.9 Å². The molecule has 0 aliphatic rings. The molecular weight excluding hydrogens is 736 g/mol. The Kier molecular flexibility index (Phi) is 22.2. The SMILES string of the molecule is CCCCCCN(CCCNC(CCc1ccc(CCCCNC(=N)NC(=O)c2nc(Cl)c(N)nc2N=NN)cc1)C(N)=O)CC(O)C(O)C(O)C(O)CO. The predicted octanol–water partition coefficient (Wildman–Crippen LogP) is 0.0311. The third-order valence-corrected chi connectivity index (χ3v) is 9.17. The molecule has 19 nitrogen and oxygen atoms in total. The Bertz CT molecular complexity index is 1490. The van der Waals surface area contributed by atoms with Gasteiger partial charge in [-0.2, -0.15) is 0 Å². The van der Waals surface area contributed by atoms with Gasteiger partial charge in [-0.15, -0.1) is 5.11 Å². The van der Waals surface area contributed by atoms with Crippen LogP contribution in [0.5, 0.6) is 0 Å². The average molecular weight is 795 g/mol. The molecule has 308 valence electrons. The topological polar surface area (TPSA) is 327 Å². The van der Waals surface area contributed by atoms with E-state index in [2.05, 4.69) is 43.2 Å². The van der Waals surface area contributed by atoms with Crippen LogP contribution in [0.1, 0.15) is 79.9 Å². The predicted molar refractivity (Wildman–Crippen MR) is 208 cm³/mol. The van der Waals surface area contributed by atoms with Crippen LogP contribution in [0, 0.1) is 5.41 Å². The van der Waals surface area contributed by atoms with Crippen molar-refractivity contribution in [2.45, 2.75) is 102 Å². The highest BCUT2D eigenvalue weighted by Crippen LogP contribution is 2.22. The number of aromatic nitrogens is 2. The molecule has 5 atom stereocenters. The first-order valence-corrected chi connectivity index (χ1v) is 18.9. The molecule has 5 unspecified atom stereocenters. The van der Waals surface area contributed by atoms with Crippen molar-refractivity contribution in [1.29, 1.82) is 5.41 Å². The monoisotopic (exact) mass is 794 g/mol. The van der Waals surface area contributed by atoms with E-state index in [4.69, 9.17) is 39.4 Å². The molecule has 0 radical (unpaired) electrons. The zero-order valence-electron chi connectivity index (χ0n) is 31.4. The lowest BCUT2D eigenvalue weighted by atomic mass is 10.0. The summed E-state index contributed by atoms with van der Waals surface area (Å²) in [4.78, 5) is 34.4. The van der Waals surface area contributed by atoms with Gasteiger partial charge in [-0.1, -0.05) is 67.3 Å². The van der Waals surface area contributed by atoms with E-state index in [0.29, 0.717) is 45.4 Å². The fourth-order valence-electron chi connectivity index (χ4n) is 5.68. The van der Waals surface area contributed by atoms with Crippen molar-refractivity contribution in [1.82, 2.24) is 30.8 Å². The minimum atomic E-state index is -1.68. The lowest BCUT2D eigenvalue weighted by Crippen LogP contribution is -2.50. The van der Waals surface area contributed by atoms with Crippen molar-refractivity contribution in [3.05, 3.63) is 46.2 Å². The van der Waals surface area contributed by atoms with Crippen LogP contribution in [-0.4, -0.2) is 128 Å². The van der Waals surface area contributed by atoms with E-state index in [-0.39, 0.29) is 35.0 Å². The highest BCUT2D eigenvalue weighted by molar-refractivity contribution is 6.31. The molecule has 15 N–H and O–H groups in total. The van der Waals surface area contributed by atoms with Gasteiger partial charge in [-0.25, -0.2) is 9.97 Å². The summed E-state index contributed by atoms with van der Waals surface area (Å²) < 4.78 is 0. The number of nitrogens with zero attached hydrogens (tertiary/aromatic N) is 5. The standard InChI is InChI=1S/C35H59ClN12O7/c1-2-3-4-7-18-48(20-25(50)28(52)29(53)26(51)21-49)19-8-17-41-24(32(38)54)15-14-23-12-10-22(11-13-23)9-5-6-16-42-35(39)45-34(55)27-33(46-47-40)44-31(37)30(36)43-27/h10-13,24-26,28-29,41,49-53H,2-9,14-21H2,1H3,(H2,38,54)(H4,37,40,44,46)(H3,39,42,45,55). The summed E-state index contributed by atoms with van der Waals surface area (Å²) in [7, 11) is 0. The Hall–Kier alpha value is -4.08. The average Bonchev–Trinajstić information content (AvgIpc) is 3.16. The number of aryl methyl sites for hydroxylation is 2. The number of amides is 2. The summed E-state index contributed by atoms with van der Waals surface area (Å²) in [6.45, 7) is 3.61. The van der Waals surface area contributed by atoms with E-state index >= 15 is 0 Å². The van der Waals surface area contributed by atoms with Crippen LogP contribution in [0.3, 0.4) is 0 Å². The summed E-state index contributed by atoms with van der Waals surface area (Å²) in [6, 6.07) is 7.59. The maximum Gasteiger partial charge on any atom is 0.280 e. The van der Waals surface area contributed by atoms with E-state index in [1.807, 2.05) is 29.2 Å². The van der Waals surface area contributed by atoms with Gasteiger partial charge in [0.25, 0.3) is 5.91 Å². The lowest BCUT2D eigenvalue weighted by molar-refractivity contribution is -0.120. The number of nitrogens with one attached hydrogen (secondary N) is 4. The van der Waals surface area contributed by atoms with Crippen LogP contribution in [0.2, 0.25) is 5.15 Å². The largest absolute Gasteiger partial charge is 0.394 e. The van der Waals surface area contributed by atoms with Crippen LogP contribution in [-0.2, 0) is 17.6 Å². The van der Waals surface area contributed by atoms with Gasteiger partial charge < -0.3 is 58.4 Å². The quantitative estimate of drug-likeness (QED) is 0.0142. The number of unbranched alkanes of at least 4 members (excludes halogenated alkanes) is 4. The number of rotatable bonds is 27. The van der Waals surface area contributed by atoms with E-state index in [1.165, 1.54) is 0 Å². The van der Waals surface area contributed by atoms with Crippen LogP contribution < -0.4 is 33.3 Å². The molecule has 20 heteroatoms. The van der Waals surface area contributed by atoms with E-state index in [1.54, 1.807) is 0 Å². The van der Waals surface area contributed by atoms with Crippen molar-refractivity contribution in [3.63, 3.8) is 0 Å². The van der Waals surface area contributed by atoms with E-state index in [0.717, 1.165) is 56.1 Å². The fraction of sp³-hybridized carbons (Fsp3) is 0.629. The molecule has 0 saturated carbocycles. The number of guanidine groups is 1. The molecule has 55 heavy (non-hydrogen) atoms. The fourth-order valence-corrected chi connectivity index (χ4v) is 5.81. The lowest BCUT2D eigenvalue weighted by Gasteiger charge is -2.30. The second kappa shape index (κ2) is 25.9. The summed E-state index contributed by atoms with van der Waals surface area (Å²) in [5.41, 5.74) is 13.2. The second-order valence-electron chi connectivity index (χ2n) is 13.3. The highest BCUT2D eigenvalue weighted by Gasteiger charge is 2.31. The molecule has 0 spiro atoms. The first kappa shape index (κ1) is 47.1. The Balaban J connectivity index is 1.75. The maximum absolute atomic E-state index is 12.5. The summed E-state index contributed by atoms with van der Waals surface area (Å²) >= 11 is 5.86. The Labute approximate surface area is 326 Å². The highest BCUT2D eigenvalue weighted by atomic mass is 35.5. The number of hydrogen-bond acceptors (Lipinski definition) is 15. The molecule has 1 aromatic carbocycles. The molecular formula is C35H59ClN12O7. The molecule has 0 bridgehead atoms. The van der Waals surface area contributed by atoms with Crippen LogP contribution in [0.25, 0.3) is 0 Å². The van der Waals surface area contributed by atoms with Crippen molar-refractivity contribution in [2.24, 2.45) is 21.9 Å². The van der Waals surface area contributed by atoms with Gasteiger partial charge >= 0.3 is 0 Å². The van der Waals surface area contributed by atoms with Gasteiger partial charge in [-0.3, -0.25) is 20.3 Å². The van der Waals surface area contributed by atoms with Gasteiger partial charge in [0.15, 0.2) is 22.6 Å². The van der Waals surface area contributed by atoms with Crippen LogP contribution in [0.15, 0.2) is 34.6 Å². The van der Waals surface area contributed by atoms with Gasteiger partial charge in [0.05, 0.1) is 18.8 Å². The molecule has 2 aromatic rings. The van der Waals surface area contributed by atoms with E-state index in [9.17, 15) is 30.0 Å². The van der Waals surface area contributed by atoms with Gasteiger partial charge in [0.2, 0.25) is 11.7 Å². The van der Waals surface area contributed by atoms with Crippen molar-refractivity contribution >= 4 is 41.0 Å². The number of halogens is 1. The summed E-state index contributed by atoms with van der Waals surface area (Å²) in [5.74, 6) is 3.20. The van der Waals surface area contributed by atoms with Gasteiger partial charge in [0, 0.05) is 13.1 Å². The number of carbonyl (C=O) groups excluding carboxylic acids is 2. The minimum absolute atomic E-state index is 0.0730. The number of anilines is 1. The van der Waals surface area contributed by atoms with Crippen molar-refractivity contribution in [3.8, 4) is 0 Å². The number of nitrogens with two attached hydrogens (primary N) is 3. The number of carbonyl (C=O) groups is 2. The number of aliphatic hydroxyl groups excluding tert-OH is 5. The maximum atomic E-state index is 12.5. The Morgan fingerprint density at radius 3 is 2.22 bits per heavy atom. The third-order valence-electron chi connectivity index (χ3n) is 8.89. The number of benzene rings is 1. The van der Waals surface area contributed by atoms with Crippen molar-refractivity contribution in [2.75, 3.05) is 45.1 Å². The Morgan fingerprint density at radius 2 is 1.58 bits per heavy atom. The molecule has 2 amide bonds. The smallest absolute Gasteiger partial charge is 0.280 e. The minimum Gasteiger partial charge on any atom is -0.394 e. The van der Waals surface area contributed by atoms with Gasteiger partial charge in [-0.05, 0) is 75.7 Å². The molecule has 2 rings (SSSR count). The van der Waals surface area contributed by atoms with Gasteiger partial charge in [0.1, 0.15) is 18.3 Å². The zero-order chi connectivity index (χ0) is 40.8. The third kappa shape index (κ3) is 17.5. The molecule has 0 fully saturated rings. The molecule has 0 aliphatic carbocycles. The molecule has 0 aliphatic heterocycles. The number of aliphatic hydroxyl groups is 5. The van der Waals surface area contributed by atoms with Crippen LogP contribution in [0.4, 0.5) is 11.6 Å². The molecule has 0 saturated heterocycles. The summed E-state index contributed by atoms with van der Waals surface area (Å²) in [6.07, 6.45) is 2.01. The first-order valence-electron chi connectivity index (χ1n) is 18.5. The zero-order valence-corrected chi connectivity index (χ0v) is 32.2. The number of primary amides is 1.